The lowest BCUT2D eigenvalue weighted by Gasteiger charge is -2.47. The van der Waals surface area contributed by atoms with Crippen molar-refractivity contribution in [1.29, 1.82) is 0 Å². The molecule has 0 radical (unpaired) electrons. The van der Waals surface area contributed by atoms with E-state index < -0.39 is 0 Å². The van der Waals surface area contributed by atoms with Gasteiger partial charge in [-0.2, -0.15) is 0 Å². The molecule has 2 aromatic rings. The Balaban J connectivity index is 1.53. The number of amides is 1. The highest BCUT2D eigenvalue weighted by atomic mass is 35.5. The van der Waals surface area contributed by atoms with Gasteiger partial charge in [-0.3, -0.25) is 4.79 Å². The van der Waals surface area contributed by atoms with E-state index in [1.54, 1.807) is 0 Å². The molecule has 1 aliphatic heterocycles. The highest BCUT2D eigenvalue weighted by Gasteiger charge is 2.46. The van der Waals surface area contributed by atoms with Crippen LogP contribution in [-0.4, -0.2) is 35.4 Å². The number of nitrogens with one attached hydrogen (secondary N) is 1. The molecule has 152 valence electrons. The van der Waals surface area contributed by atoms with Gasteiger partial charge in [0.1, 0.15) is 0 Å². The number of nitrogens with zero attached hydrogens (tertiary/aromatic N) is 1. The van der Waals surface area contributed by atoms with Crippen molar-refractivity contribution in [3.05, 3.63) is 29.4 Å². The first-order valence-corrected chi connectivity index (χ1v) is 10.8. The second-order valence-electron chi connectivity index (χ2n) is 8.36. The van der Waals surface area contributed by atoms with E-state index in [0.29, 0.717) is 37.1 Å². The van der Waals surface area contributed by atoms with Crippen molar-refractivity contribution in [2.45, 2.75) is 51.5 Å². The summed E-state index contributed by atoms with van der Waals surface area (Å²) in [4.78, 5) is 13.0. The van der Waals surface area contributed by atoms with Crippen LogP contribution in [0.2, 0.25) is 5.02 Å². The minimum Gasteiger partial charge on any atom is -0.395 e. The maximum absolute atomic E-state index is 13.0. The lowest BCUT2D eigenvalue weighted by Crippen LogP contribution is -2.50. The highest BCUT2D eigenvalue weighted by molar-refractivity contribution is 6.36. The van der Waals surface area contributed by atoms with Gasteiger partial charge >= 0.3 is 0 Å². The third-order valence-electron chi connectivity index (χ3n) is 6.48. The lowest BCUT2D eigenvalue weighted by molar-refractivity contribution is -0.160. The van der Waals surface area contributed by atoms with Gasteiger partial charge in [0.05, 0.1) is 36.0 Å². The topological polar surface area (TPSA) is 63.5 Å². The van der Waals surface area contributed by atoms with Crippen LogP contribution in [0, 0.1) is 11.3 Å². The molecular formula is C22H29ClN2O3. The molecule has 1 aliphatic carbocycles. The lowest BCUT2D eigenvalue weighted by atomic mass is 9.68. The first-order chi connectivity index (χ1) is 13.6. The van der Waals surface area contributed by atoms with Crippen LogP contribution in [0.25, 0.3) is 10.9 Å². The number of anilines is 1. The quantitative estimate of drug-likeness (QED) is 0.691. The van der Waals surface area contributed by atoms with Gasteiger partial charge in [-0.05, 0) is 30.9 Å². The first-order valence-electron chi connectivity index (χ1n) is 10.4. The molecule has 2 fully saturated rings. The Kier molecular flexibility index (Phi) is 5.95. The Morgan fingerprint density at radius 3 is 2.64 bits per heavy atom. The fraction of sp³-hybridized carbons (Fsp3) is 0.591. The molecule has 1 amide bonds. The van der Waals surface area contributed by atoms with Crippen LogP contribution in [0.5, 0.6) is 0 Å². The van der Waals surface area contributed by atoms with Crippen LogP contribution in [0.1, 0.15) is 44.9 Å². The molecule has 0 bridgehead atoms. The largest absolute Gasteiger partial charge is 0.395 e. The molecule has 2 aliphatic rings. The van der Waals surface area contributed by atoms with Gasteiger partial charge in [0.15, 0.2) is 0 Å². The number of aliphatic hydroxyl groups excluding tert-OH is 1. The van der Waals surface area contributed by atoms with Crippen molar-refractivity contribution >= 4 is 34.1 Å². The summed E-state index contributed by atoms with van der Waals surface area (Å²) >= 11 is 6.42. The molecule has 0 unspecified atom stereocenters. The Hall–Kier alpha value is -1.56. The number of hydrogen-bond donors (Lipinski definition) is 2. The maximum Gasteiger partial charge on any atom is 0.225 e. The first kappa shape index (κ1) is 19.7. The van der Waals surface area contributed by atoms with Crippen molar-refractivity contribution in [1.82, 2.24) is 4.57 Å². The van der Waals surface area contributed by atoms with Gasteiger partial charge in [0.25, 0.3) is 0 Å². The number of carbonyl (C=O) groups excluding carboxylic acids is 1. The predicted molar refractivity (Wildman–Crippen MR) is 112 cm³/mol. The van der Waals surface area contributed by atoms with Gasteiger partial charge in [-0.15, -0.1) is 0 Å². The zero-order chi connectivity index (χ0) is 19.6. The summed E-state index contributed by atoms with van der Waals surface area (Å²) in [5.41, 5.74) is 1.62. The number of fused-ring (bicyclic) bond motifs is 1. The number of aliphatic hydroxyl groups is 1. The summed E-state index contributed by atoms with van der Waals surface area (Å²) in [6.07, 6.45) is 9.92. The maximum atomic E-state index is 13.0. The van der Waals surface area contributed by atoms with Crippen molar-refractivity contribution < 1.29 is 14.6 Å². The second kappa shape index (κ2) is 8.44. The number of ether oxygens (including phenoxy) is 1. The zero-order valence-corrected chi connectivity index (χ0v) is 17.0. The van der Waals surface area contributed by atoms with Crippen LogP contribution in [0.4, 0.5) is 5.69 Å². The second-order valence-corrected chi connectivity index (χ2v) is 8.77. The van der Waals surface area contributed by atoms with Crippen LogP contribution >= 0.6 is 11.6 Å². The molecule has 1 aromatic carbocycles. The summed E-state index contributed by atoms with van der Waals surface area (Å²) in [6, 6.07) is 5.67. The van der Waals surface area contributed by atoms with E-state index in [1.165, 1.54) is 38.5 Å². The van der Waals surface area contributed by atoms with Gasteiger partial charge in [0.2, 0.25) is 5.91 Å². The Morgan fingerprint density at radius 2 is 2.00 bits per heavy atom. The van der Waals surface area contributed by atoms with Crippen molar-refractivity contribution in [3.63, 3.8) is 0 Å². The standard InChI is InChI=1S/C22H29ClN2O3/c23-17-8-5-9-19-21(17)18(13-25(19)10-11-26)24-20(27)12-22(14-28-15-22)16-6-3-1-2-4-7-16/h5,8-9,13,16,26H,1-4,6-7,10-12,14-15H2,(H,24,27). The summed E-state index contributed by atoms with van der Waals surface area (Å²) in [5, 5.41) is 13.9. The SMILES string of the molecule is O=C(CC1(C2CCCCCC2)COC1)Nc1cn(CCO)c2cccc(Cl)c12. The number of rotatable bonds is 6. The monoisotopic (exact) mass is 404 g/mol. The molecule has 2 heterocycles. The van der Waals surface area contributed by atoms with Crippen LogP contribution in [-0.2, 0) is 16.1 Å². The molecule has 1 saturated carbocycles. The van der Waals surface area contributed by atoms with Crippen LogP contribution in [0.3, 0.4) is 0 Å². The fourth-order valence-corrected chi connectivity index (χ4v) is 5.22. The molecule has 1 saturated heterocycles. The molecule has 28 heavy (non-hydrogen) atoms. The van der Waals surface area contributed by atoms with Gasteiger partial charge in [0, 0.05) is 30.0 Å². The summed E-state index contributed by atoms with van der Waals surface area (Å²) in [5.74, 6) is 0.601. The number of benzene rings is 1. The van der Waals surface area contributed by atoms with Gasteiger partial charge < -0.3 is 19.7 Å². The van der Waals surface area contributed by atoms with Crippen LogP contribution in [0.15, 0.2) is 24.4 Å². The molecule has 0 spiro atoms. The number of aromatic nitrogens is 1. The van der Waals surface area contributed by atoms with Gasteiger partial charge in [-0.25, -0.2) is 0 Å². The number of carbonyl (C=O) groups is 1. The van der Waals surface area contributed by atoms with Crippen LogP contribution < -0.4 is 5.32 Å². The minimum atomic E-state index is -0.0122. The Bertz CT molecular complexity index is 836. The molecular weight excluding hydrogens is 376 g/mol. The van der Waals surface area contributed by atoms with E-state index in [9.17, 15) is 9.90 Å². The predicted octanol–water partition coefficient (Wildman–Crippen LogP) is 4.60. The molecule has 4 rings (SSSR count). The minimum absolute atomic E-state index is 0.0122. The zero-order valence-electron chi connectivity index (χ0n) is 16.3. The van der Waals surface area contributed by atoms with E-state index >= 15 is 0 Å². The smallest absolute Gasteiger partial charge is 0.225 e. The Labute approximate surface area is 171 Å². The molecule has 2 N–H and O–H groups in total. The van der Waals surface area contributed by atoms with E-state index in [0.717, 1.165) is 16.6 Å². The number of halogens is 1. The van der Waals surface area contributed by atoms with E-state index in [-0.39, 0.29) is 17.9 Å². The Morgan fingerprint density at radius 1 is 1.25 bits per heavy atom. The van der Waals surface area contributed by atoms with E-state index in [4.69, 9.17) is 16.3 Å². The summed E-state index contributed by atoms with van der Waals surface area (Å²) < 4.78 is 7.51. The molecule has 0 atom stereocenters. The molecule has 1 aromatic heterocycles. The van der Waals surface area contributed by atoms with Gasteiger partial charge in [-0.1, -0.05) is 43.4 Å². The summed E-state index contributed by atoms with van der Waals surface area (Å²) in [6.45, 7) is 1.88. The van der Waals surface area contributed by atoms with Crippen molar-refractivity contribution in [2.24, 2.45) is 11.3 Å². The average molecular weight is 405 g/mol. The third kappa shape index (κ3) is 3.80. The van der Waals surface area contributed by atoms with Crippen molar-refractivity contribution in [2.75, 3.05) is 25.1 Å². The van der Waals surface area contributed by atoms with E-state index in [1.807, 2.05) is 29.0 Å². The average Bonchev–Trinajstić information content (AvgIpc) is 2.82. The van der Waals surface area contributed by atoms with Crippen molar-refractivity contribution in [3.8, 4) is 0 Å². The summed E-state index contributed by atoms with van der Waals surface area (Å²) in [7, 11) is 0. The normalized spacial score (nSPS) is 19.9. The highest BCUT2D eigenvalue weighted by Crippen LogP contribution is 2.46. The molecule has 6 heteroatoms. The molecule has 5 nitrogen and oxygen atoms in total. The fourth-order valence-electron chi connectivity index (χ4n) is 4.95. The third-order valence-corrected chi connectivity index (χ3v) is 6.80. The van der Waals surface area contributed by atoms with E-state index in [2.05, 4.69) is 5.32 Å². The number of hydrogen-bond acceptors (Lipinski definition) is 3.